The lowest BCUT2D eigenvalue weighted by molar-refractivity contribution is 0.518. The SMILES string of the molecule is C[Si](C)(C)C([Si](C)(C)C)S(=O)(=O)Cc1nnc(-c2ccc(Cl)cc2)o1. The quantitative estimate of drug-likeness (QED) is 0.651. The Morgan fingerprint density at radius 1 is 1.00 bits per heavy atom. The number of sulfone groups is 1. The zero-order chi connectivity index (χ0) is 19.0. The van der Waals surface area contributed by atoms with E-state index in [1.807, 2.05) is 0 Å². The van der Waals surface area contributed by atoms with Crippen molar-refractivity contribution in [1.82, 2.24) is 10.2 Å². The van der Waals surface area contributed by atoms with Gasteiger partial charge in [-0.25, -0.2) is 8.42 Å². The number of aromatic nitrogens is 2. The van der Waals surface area contributed by atoms with Crippen LogP contribution in [0, 0.1) is 0 Å². The van der Waals surface area contributed by atoms with E-state index >= 15 is 0 Å². The Bertz CT molecular complexity index is 824. The molecule has 25 heavy (non-hydrogen) atoms. The van der Waals surface area contributed by atoms with Gasteiger partial charge < -0.3 is 4.42 Å². The molecule has 0 aliphatic carbocycles. The van der Waals surface area contributed by atoms with Crippen molar-refractivity contribution < 1.29 is 12.8 Å². The number of benzene rings is 1. The summed E-state index contributed by atoms with van der Waals surface area (Å²) in [6.45, 7) is 12.7. The van der Waals surface area contributed by atoms with E-state index < -0.39 is 26.0 Å². The van der Waals surface area contributed by atoms with Gasteiger partial charge in [0.05, 0.1) is 16.1 Å². The zero-order valence-corrected chi connectivity index (χ0v) is 19.1. The molecule has 9 heteroatoms. The minimum absolute atomic E-state index is 0.145. The van der Waals surface area contributed by atoms with E-state index in [1.54, 1.807) is 24.3 Å². The first-order valence-corrected chi connectivity index (χ1v) is 17.4. The van der Waals surface area contributed by atoms with E-state index in [0.29, 0.717) is 16.5 Å². The van der Waals surface area contributed by atoms with E-state index in [9.17, 15) is 8.42 Å². The van der Waals surface area contributed by atoms with Gasteiger partial charge in [0.15, 0.2) is 9.84 Å². The first-order valence-electron chi connectivity index (χ1n) is 8.10. The number of hydrogen-bond acceptors (Lipinski definition) is 5. The molecule has 1 aromatic carbocycles. The monoisotopic (exact) mass is 416 g/mol. The Morgan fingerprint density at radius 2 is 1.52 bits per heavy atom. The van der Waals surface area contributed by atoms with Crippen molar-refractivity contribution in [2.24, 2.45) is 0 Å². The summed E-state index contributed by atoms with van der Waals surface area (Å²) in [4.78, 5) is 0. The van der Waals surface area contributed by atoms with E-state index in [-0.39, 0.29) is 16.1 Å². The molecule has 0 atom stereocenters. The molecule has 0 unspecified atom stereocenters. The van der Waals surface area contributed by atoms with Crippen molar-refractivity contribution in [2.45, 2.75) is 49.5 Å². The zero-order valence-electron chi connectivity index (χ0n) is 15.5. The van der Waals surface area contributed by atoms with Crippen LogP contribution in [0.5, 0.6) is 0 Å². The molecule has 2 aromatic rings. The maximum atomic E-state index is 13.1. The fourth-order valence-electron chi connectivity index (χ4n) is 3.65. The second kappa shape index (κ2) is 6.98. The van der Waals surface area contributed by atoms with Crippen molar-refractivity contribution in [2.75, 3.05) is 0 Å². The fourth-order valence-corrected chi connectivity index (χ4v) is 23.9. The Morgan fingerprint density at radius 3 is 2.00 bits per heavy atom. The summed E-state index contributed by atoms with van der Waals surface area (Å²) >= 11 is 5.87. The Labute approximate surface area is 156 Å². The maximum absolute atomic E-state index is 13.1. The van der Waals surface area contributed by atoms with E-state index in [2.05, 4.69) is 49.5 Å². The highest BCUT2D eigenvalue weighted by atomic mass is 35.5. The van der Waals surface area contributed by atoms with Crippen LogP contribution in [0.3, 0.4) is 0 Å². The summed E-state index contributed by atoms with van der Waals surface area (Å²) in [7, 11) is -7.17. The molecule has 0 amide bonds. The van der Waals surface area contributed by atoms with Crippen LogP contribution in [0.2, 0.25) is 44.3 Å². The van der Waals surface area contributed by atoms with Crippen LogP contribution in [0.25, 0.3) is 11.5 Å². The molecule has 138 valence electrons. The average Bonchev–Trinajstić information content (AvgIpc) is 2.82. The molecule has 0 aliphatic rings. The molecule has 0 aliphatic heterocycles. The molecule has 1 aromatic heterocycles. The van der Waals surface area contributed by atoms with Gasteiger partial charge in [0.25, 0.3) is 0 Å². The second-order valence-corrected chi connectivity index (χ2v) is 23.0. The molecule has 2 rings (SSSR count). The highest BCUT2D eigenvalue weighted by Gasteiger charge is 2.46. The van der Waals surface area contributed by atoms with Gasteiger partial charge in [0.1, 0.15) is 5.75 Å². The first kappa shape index (κ1) is 20.3. The molecule has 0 fully saturated rings. The molecule has 0 spiro atoms. The molecule has 0 saturated carbocycles. The van der Waals surface area contributed by atoms with Gasteiger partial charge >= 0.3 is 0 Å². The van der Waals surface area contributed by atoms with Crippen molar-refractivity contribution in [3.8, 4) is 11.5 Å². The highest BCUT2D eigenvalue weighted by Crippen LogP contribution is 2.29. The smallest absolute Gasteiger partial charge is 0.247 e. The lowest BCUT2D eigenvalue weighted by atomic mass is 10.2. The molecular formula is C16H25ClN2O3SSi2. The number of hydrogen-bond donors (Lipinski definition) is 0. The second-order valence-electron chi connectivity index (χ2n) is 8.43. The van der Waals surface area contributed by atoms with Gasteiger partial charge in [-0.3, -0.25) is 0 Å². The van der Waals surface area contributed by atoms with Gasteiger partial charge in [-0.2, -0.15) is 0 Å². The third kappa shape index (κ3) is 5.02. The van der Waals surface area contributed by atoms with Crippen LogP contribution in [-0.4, -0.2) is 39.3 Å². The molecule has 1 heterocycles. The molecule has 0 saturated heterocycles. The van der Waals surface area contributed by atoms with Crippen molar-refractivity contribution >= 4 is 37.6 Å². The summed E-state index contributed by atoms with van der Waals surface area (Å²) < 4.78 is 31.6. The Hall–Kier alpha value is -0.966. The molecule has 0 N–H and O–H groups in total. The molecule has 0 bridgehead atoms. The summed E-state index contributed by atoms with van der Waals surface area (Å²) in [6.07, 6.45) is 0. The van der Waals surface area contributed by atoms with Crippen molar-refractivity contribution in [3.05, 3.63) is 35.2 Å². The van der Waals surface area contributed by atoms with Crippen molar-refractivity contribution in [3.63, 3.8) is 0 Å². The molecule has 5 nitrogen and oxygen atoms in total. The lowest BCUT2D eigenvalue weighted by Gasteiger charge is -2.37. The third-order valence-electron chi connectivity index (χ3n) is 3.81. The predicted molar refractivity (Wildman–Crippen MR) is 108 cm³/mol. The topological polar surface area (TPSA) is 73.1 Å². The van der Waals surface area contributed by atoms with Crippen molar-refractivity contribution in [1.29, 1.82) is 0 Å². The summed E-state index contributed by atoms with van der Waals surface area (Å²) in [5, 5.41) is 8.54. The van der Waals surface area contributed by atoms with Gasteiger partial charge in [-0.15, -0.1) is 10.2 Å². The van der Waals surface area contributed by atoms with Crippen LogP contribution in [-0.2, 0) is 15.6 Å². The van der Waals surface area contributed by atoms with Crippen LogP contribution < -0.4 is 0 Å². The fraction of sp³-hybridized carbons (Fsp3) is 0.500. The van der Waals surface area contributed by atoms with Crippen LogP contribution in [0.1, 0.15) is 5.89 Å². The largest absolute Gasteiger partial charge is 0.420 e. The van der Waals surface area contributed by atoms with E-state index in [0.717, 1.165) is 0 Å². The minimum atomic E-state index is -3.36. The first-order chi connectivity index (χ1) is 11.3. The van der Waals surface area contributed by atoms with Crippen LogP contribution >= 0.6 is 11.6 Å². The average molecular weight is 417 g/mol. The minimum Gasteiger partial charge on any atom is -0.420 e. The Balaban J connectivity index is 2.30. The van der Waals surface area contributed by atoms with Gasteiger partial charge in [0.2, 0.25) is 11.8 Å². The van der Waals surface area contributed by atoms with Gasteiger partial charge in [-0.05, 0) is 24.3 Å². The maximum Gasteiger partial charge on any atom is 0.247 e. The van der Waals surface area contributed by atoms with Crippen LogP contribution in [0.4, 0.5) is 0 Å². The predicted octanol–water partition coefficient (Wildman–Crippen LogP) is 4.43. The van der Waals surface area contributed by atoms with E-state index in [1.165, 1.54) is 0 Å². The standard InChI is InChI=1S/C16H25ClN2O3SSi2/c1-24(2,3)16(25(4,5)6)23(20,21)11-14-18-19-15(22-14)12-7-9-13(17)10-8-12/h7-10,16H,11H2,1-6H3. The number of rotatable bonds is 6. The summed E-state index contributed by atoms with van der Waals surface area (Å²) in [5.74, 6) is 0.248. The number of halogens is 1. The van der Waals surface area contributed by atoms with Gasteiger partial charge in [0, 0.05) is 15.1 Å². The normalized spacial score (nSPS) is 13.4. The molecule has 0 radical (unpaired) electrons. The Kier molecular flexibility index (Phi) is 5.68. The summed E-state index contributed by atoms with van der Waals surface area (Å²) in [5.41, 5.74) is 0.715. The highest BCUT2D eigenvalue weighted by molar-refractivity contribution is 7.95. The van der Waals surface area contributed by atoms with Crippen LogP contribution in [0.15, 0.2) is 28.7 Å². The van der Waals surface area contributed by atoms with Gasteiger partial charge in [-0.1, -0.05) is 50.9 Å². The lowest BCUT2D eigenvalue weighted by Crippen LogP contribution is -2.58. The van der Waals surface area contributed by atoms with E-state index in [4.69, 9.17) is 16.0 Å². The third-order valence-corrected chi connectivity index (χ3v) is 20.2. The number of nitrogens with zero attached hydrogens (tertiary/aromatic N) is 2. The molecular weight excluding hydrogens is 392 g/mol. The summed E-state index contributed by atoms with van der Waals surface area (Å²) in [6, 6.07) is 6.98.